The first-order valence-electron chi connectivity index (χ1n) is 9.10. The van der Waals surface area contributed by atoms with Gasteiger partial charge in [0, 0.05) is 19.6 Å². The second-order valence-electron chi connectivity index (χ2n) is 6.96. The summed E-state index contributed by atoms with van der Waals surface area (Å²) in [4.78, 5) is 15.7. The lowest BCUT2D eigenvalue weighted by atomic mass is 10.1. The van der Waals surface area contributed by atoms with E-state index in [2.05, 4.69) is 21.9 Å². The first-order chi connectivity index (χ1) is 11.7. The van der Waals surface area contributed by atoms with Crippen molar-refractivity contribution in [3.8, 4) is 5.75 Å². The number of ether oxygens (including phenoxy) is 1. The predicted molar refractivity (Wildman–Crippen MR) is 93.2 cm³/mol. The van der Waals surface area contributed by atoms with Gasteiger partial charge in [0.15, 0.2) is 0 Å². The molecule has 0 bridgehead atoms. The second-order valence-corrected chi connectivity index (χ2v) is 6.96. The molecule has 0 aromatic heterocycles. The van der Waals surface area contributed by atoms with Gasteiger partial charge < -0.3 is 9.84 Å². The molecule has 0 aliphatic carbocycles. The number of carbonyl (C=O) groups is 1. The largest absolute Gasteiger partial charge is 0.492 e. The topological polar surface area (TPSA) is 53.0 Å². The Bertz CT molecular complexity index is 543. The zero-order chi connectivity index (χ0) is 16.8. The molecule has 0 radical (unpaired) electrons. The van der Waals surface area contributed by atoms with Crippen molar-refractivity contribution in [3.63, 3.8) is 0 Å². The number of aliphatic carboxylic acids is 1. The molecule has 2 fully saturated rings. The Labute approximate surface area is 144 Å². The van der Waals surface area contributed by atoms with Crippen molar-refractivity contribution in [3.05, 3.63) is 29.8 Å². The lowest BCUT2D eigenvalue weighted by molar-refractivity contribution is -0.141. The molecule has 0 amide bonds. The molecule has 0 saturated carbocycles. The van der Waals surface area contributed by atoms with Crippen molar-refractivity contribution < 1.29 is 14.6 Å². The van der Waals surface area contributed by atoms with Crippen LogP contribution in [0.3, 0.4) is 0 Å². The van der Waals surface area contributed by atoms with E-state index in [0.717, 1.165) is 38.4 Å². The highest BCUT2D eigenvalue weighted by Crippen LogP contribution is 2.21. The van der Waals surface area contributed by atoms with Crippen LogP contribution in [0, 0.1) is 5.92 Å². The van der Waals surface area contributed by atoms with E-state index in [1.165, 1.54) is 37.9 Å². The average Bonchev–Trinajstić information content (AvgIpc) is 3.05. The molecule has 0 spiro atoms. The number of hydrogen-bond donors (Lipinski definition) is 1. The molecule has 1 unspecified atom stereocenters. The van der Waals surface area contributed by atoms with Crippen LogP contribution in [0.5, 0.6) is 5.75 Å². The number of carboxylic acid groups (broad SMARTS) is 1. The van der Waals surface area contributed by atoms with Gasteiger partial charge in [0.05, 0.1) is 5.92 Å². The molecule has 5 heteroatoms. The van der Waals surface area contributed by atoms with Crippen LogP contribution < -0.4 is 4.74 Å². The summed E-state index contributed by atoms with van der Waals surface area (Å²) in [6.07, 6.45) is 4.73. The normalized spacial score (nSPS) is 22.6. The van der Waals surface area contributed by atoms with Gasteiger partial charge in [0.1, 0.15) is 12.4 Å². The minimum atomic E-state index is -0.674. The number of rotatable bonds is 7. The Morgan fingerprint density at radius 1 is 1.17 bits per heavy atom. The molecule has 3 rings (SSSR count). The van der Waals surface area contributed by atoms with Gasteiger partial charge in [-0.15, -0.1) is 0 Å². The van der Waals surface area contributed by atoms with Crippen LogP contribution in [-0.2, 0) is 11.3 Å². The van der Waals surface area contributed by atoms with Gasteiger partial charge in [-0.2, -0.15) is 0 Å². The molecule has 1 N–H and O–H groups in total. The van der Waals surface area contributed by atoms with Crippen LogP contribution in [0.15, 0.2) is 24.3 Å². The molecule has 5 nitrogen and oxygen atoms in total. The molecule has 24 heavy (non-hydrogen) atoms. The summed E-state index contributed by atoms with van der Waals surface area (Å²) in [6, 6.07) is 8.20. The molecular weight excluding hydrogens is 304 g/mol. The van der Waals surface area contributed by atoms with Crippen molar-refractivity contribution in [2.75, 3.05) is 39.3 Å². The predicted octanol–water partition coefficient (Wildman–Crippen LogP) is 2.46. The summed E-state index contributed by atoms with van der Waals surface area (Å²) < 4.78 is 5.92. The van der Waals surface area contributed by atoms with E-state index >= 15 is 0 Å². The third-order valence-electron chi connectivity index (χ3n) is 5.05. The monoisotopic (exact) mass is 332 g/mol. The van der Waals surface area contributed by atoms with Crippen LogP contribution in [0.2, 0.25) is 0 Å². The fourth-order valence-corrected chi connectivity index (χ4v) is 3.65. The number of likely N-dealkylation sites (tertiary alicyclic amines) is 2. The van der Waals surface area contributed by atoms with Crippen molar-refractivity contribution in [2.45, 2.75) is 32.2 Å². The minimum absolute atomic E-state index is 0.214. The summed E-state index contributed by atoms with van der Waals surface area (Å²) in [7, 11) is 0. The number of nitrogens with zero attached hydrogens (tertiary/aromatic N) is 2. The van der Waals surface area contributed by atoms with Gasteiger partial charge in [-0.25, -0.2) is 0 Å². The number of hydrogen-bond acceptors (Lipinski definition) is 4. The summed E-state index contributed by atoms with van der Waals surface area (Å²) in [5, 5.41) is 9.10. The minimum Gasteiger partial charge on any atom is -0.492 e. The van der Waals surface area contributed by atoms with Gasteiger partial charge in [-0.3, -0.25) is 14.6 Å². The Kier molecular flexibility index (Phi) is 6.10. The van der Waals surface area contributed by atoms with Crippen LogP contribution in [0.25, 0.3) is 0 Å². The number of benzene rings is 1. The summed E-state index contributed by atoms with van der Waals surface area (Å²) in [5.74, 6) is 0.0276. The first-order valence-corrected chi connectivity index (χ1v) is 9.10. The zero-order valence-corrected chi connectivity index (χ0v) is 14.3. The van der Waals surface area contributed by atoms with Crippen LogP contribution in [-0.4, -0.2) is 60.2 Å². The van der Waals surface area contributed by atoms with E-state index in [9.17, 15) is 4.79 Å². The van der Waals surface area contributed by atoms with Gasteiger partial charge in [0.25, 0.3) is 0 Å². The molecule has 1 aromatic carbocycles. The van der Waals surface area contributed by atoms with E-state index in [4.69, 9.17) is 9.84 Å². The molecule has 2 aliphatic heterocycles. The third kappa shape index (κ3) is 4.95. The van der Waals surface area contributed by atoms with Gasteiger partial charge in [0.2, 0.25) is 0 Å². The maximum absolute atomic E-state index is 11.1. The number of carboxylic acids is 1. The quantitative estimate of drug-likeness (QED) is 0.831. The third-order valence-corrected chi connectivity index (χ3v) is 5.05. The summed E-state index contributed by atoms with van der Waals surface area (Å²) >= 11 is 0. The highest BCUT2D eigenvalue weighted by Gasteiger charge is 2.27. The average molecular weight is 332 g/mol. The SMILES string of the molecule is O=C(O)C1CCN(Cc2cccc(OCCN3CCCCC3)c2)C1. The fourth-order valence-electron chi connectivity index (χ4n) is 3.65. The maximum atomic E-state index is 11.1. The van der Waals surface area contributed by atoms with Crippen molar-refractivity contribution in [1.29, 1.82) is 0 Å². The highest BCUT2D eigenvalue weighted by atomic mass is 16.5. The summed E-state index contributed by atoms with van der Waals surface area (Å²) in [5.41, 5.74) is 1.19. The Morgan fingerprint density at radius 2 is 2.00 bits per heavy atom. The Hall–Kier alpha value is -1.59. The highest BCUT2D eigenvalue weighted by molar-refractivity contribution is 5.70. The standard InChI is InChI=1S/C19H28N2O3/c22-19(23)17-7-10-21(15-17)14-16-5-4-6-18(13-16)24-12-11-20-8-2-1-3-9-20/h4-6,13,17H,1-3,7-12,14-15H2,(H,22,23). The van der Waals surface area contributed by atoms with Crippen molar-refractivity contribution >= 4 is 5.97 Å². The Balaban J connectivity index is 1.44. The van der Waals surface area contributed by atoms with E-state index in [1.54, 1.807) is 0 Å². The lowest BCUT2D eigenvalue weighted by Crippen LogP contribution is -2.33. The van der Waals surface area contributed by atoms with E-state index < -0.39 is 5.97 Å². The molecule has 2 aliphatic rings. The smallest absolute Gasteiger partial charge is 0.307 e. The maximum Gasteiger partial charge on any atom is 0.307 e. The van der Waals surface area contributed by atoms with Crippen LogP contribution in [0.1, 0.15) is 31.2 Å². The summed E-state index contributed by atoms with van der Waals surface area (Å²) in [6.45, 7) is 6.43. The van der Waals surface area contributed by atoms with Crippen molar-refractivity contribution in [2.24, 2.45) is 5.92 Å². The fraction of sp³-hybridized carbons (Fsp3) is 0.632. The van der Waals surface area contributed by atoms with Crippen LogP contribution >= 0.6 is 0 Å². The van der Waals surface area contributed by atoms with E-state index in [1.807, 2.05) is 12.1 Å². The lowest BCUT2D eigenvalue weighted by Gasteiger charge is -2.26. The van der Waals surface area contributed by atoms with Crippen LogP contribution in [0.4, 0.5) is 0 Å². The Morgan fingerprint density at radius 3 is 2.75 bits per heavy atom. The second kappa shape index (κ2) is 8.49. The van der Waals surface area contributed by atoms with E-state index in [0.29, 0.717) is 6.54 Å². The molecule has 132 valence electrons. The zero-order valence-electron chi connectivity index (χ0n) is 14.3. The van der Waals surface area contributed by atoms with Gasteiger partial charge >= 0.3 is 5.97 Å². The molecule has 2 saturated heterocycles. The van der Waals surface area contributed by atoms with Gasteiger partial charge in [-0.05, 0) is 56.6 Å². The molecule has 1 aromatic rings. The van der Waals surface area contributed by atoms with Gasteiger partial charge in [-0.1, -0.05) is 18.6 Å². The molecule has 2 heterocycles. The first kappa shape index (κ1) is 17.2. The van der Waals surface area contributed by atoms with E-state index in [-0.39, 0.29) is 5.92 Å². The molecule has 1 atom stereocenters. The molecular formula is C19H28N2O3. The van der Waals surface area contributed by atoms with Crippen molar-refractivity contribution in [1.82, 2.24) is 9.80 Å². The number of piperidine rings is 1.